The first-order valence-electron chi connectivity index (χ1n) is 9.22. The van der Waals surface area contributed by atoms with Gasteiger partial charge in [0.1, 0.15) is 5.82 Å². The van der Waals surface area contributed by atoms with Crippen LogP contribution in [0.5, 0.6) is 5.75 Å². The SMILES string of the molecule is CN1CCn2c(C(c3ccccc3)C3CCCC3)nc(=O)c(O)c2C1=O. The van der Waals surface area contributed by atoms with Crippen LogP contribution in [-0.2, 0) is 6.54 Å². The predicted octanol–water partition coefficient (Wildman–Crippen LogP) is 2.36. The van der Waals surface area contributed by atoms with Gasteiger partial charge < -0.3 is 14.6 Å². The minimum absolute atomic E-state index is 0.0399. The second-order valence-electron chi connectivity index (χ2n) is 7.28. The molecule has 2 aromatic rings. The second-order valence-corrected chi connectivity index (χ2v) is 7.28. The summed E-state index contributed by atoms with van der Waals surface area (Å²) in [5.74, 6) is 0.0979. The number of aromatic hydroxyl groups is 1. The number of likely N-dealkylation sites (N-methyl/N-ethyl adjacent to an activating group) is 1. The standard InChI is InChI=1S/C20H23N3O3/c1-22-11-12-23-16(20(22)26)17(24)19(25)21-18(23)15(14-9-5-6-10-14)13-7-3-2-4-8-13/h2-4,7-8,14-15,24H,5-6,9-12H2,1H3. The molecule has 1 aromatic carbocycles. The molecule has 6 nitrogen and oxygen atoms in total. The number of hydrogen-bond donors (Lipinski definition) is 1. The van der Waals surface area contributed by atoms with E-state index in [1.165, 1.54) is 17.7 Å². The molecule has 6 heteroatoms. The molecule has 0 radical (unpaired) electrons. The smallest absolute Gasteiger partial charge is 0.315 e. The van der Waals surface area contributed by atoms with Gasteiger partial charge in [-0.1, -0.05) is 43.2 Å². The molecule has 1 aliphatic heterocycles. The zero-order valence-electron chi connectivity index (χ0n) is 14.9. The fourth-order valence-electron chi connectivity index (χ4n) is 4.36. The van der Waals surface area contributed by atoms with E-state index in [-0.39, 0.29) is 17.5 Å². The Morgan fingerprint density at radius 3 is 2.50 bits per heavy atom. The van der Waals surface area contributed by atoms with Crippen molar-refractivity contribution in [3.8, 4) is 5.75 Å². The number of nitrogens with zero attached hydrogens (tertiary/aromatic N) is 3. The van der Waals surface area contributed by atoms with Crippen LogP contribution in [0.4, 0.5) is 0 Å². The van der Waals surface area contributed by atoms with Crippen LogP contribution in [0.1, 0.15) is 53.5 Å². The van der Waals surface area contributed by atoms with Crippen molar-refractivity contribution in [2.24, 2.45) is 5.92 Å². The van der Waals surface area contributed by atoms with Gasteiger partial charge in [-0.05, 0) is 24.3 Å². The van der Waals surface area contributed by atoms with Gasteiger partial charge in [0.2, 0.25) is 5.75 Å². The highest BCUT2D eigenvalue weighted by Crippen LogP contribution is 2.41. The number of rotatable bonds is 3. The van der Waals surface area contributed by atoms with Crippen LogP contribution in [0.15, 0.2) is 35.1 Å². The lowest BCUT2D eigenvalue weighted by Crippen LogP contribution is -2.41. The maximum Gasteiger partial charge on any atom is 0.315 e. The number of carbonyl (C=O) groups is 1. The van der Waals surface area contributed by atoms with Crippen LogP contribution in [0.25, 0.3) is 0 Å². The zero-order chi connectivity index (χ0) is 18.3. The summed E-state index contributed by atoms with van der Waals surface area (Å²) >= 11 is 0. The van der Waals surface area contributed by atoms with E-state index in [9.17, 15) is 14.7 Å². The Morgan fingerprint density at radius 1 is 1.12 bits per heavy atom. The van der Waals surface area contributed by atoms with Crippen LogP contribution in [-0.4, -0.2) is 39.1 Å². The topological polar surface area (TPSA) is 75.4 Å². The molecule has 1 unspecified atom stereocenters. The molecule has 1 aliphatic carbocycles. The summed E-state index contributed by atoms with van der Waals surface area (Å²) in [6, 6.07) is 10.1. The molecule has 1 atom stereocenters. The van der Waals surface area contributed by atoms with E-state index < -0.39 is 11.3 Å². The fraction of sp³-hybridized carbons (Fsp3) is 0.450. The normalized spacial score (nSPS) is 18.8. The van der Waals surface area contributed by atoms with Crippen molar-refractivity contribution < 1.29 is 9.90 Å². The lowest BCUT2D eigenvalue weighted by molar-refractivity contribution is 0.0737. The largest absolute Gasteiger partial charge is 0.501 e. The first-order valence-corrected chi connectivity index (χ1v) is 9.22. The summed E-state index contributed by atoms with van der Waals surface area (Å²) in [5.41, 5.74) is 0.472. The van der Waals surface area contributed by atoms with Crippen molar-refractivity contribution in [2.75, 3.05) is 13.6 Å². The molecule has 1 amide bonds. The summed E-state index contributed by atoms with van der Waals surface area (Å²) in [6.45, 7) is 1.07. The molecule has 2 aliphatic rings. The van der Waals surface area contributed by atoms with Gasteiger partial charge in [0.25, 0.3) is 5.91 Å². The van der Waals surface area contributed by atoms with Gasteiger partial charge in [0, 0.05) is 26.1 Å². The van der Waals surface area contributed by atoms with Crippen molar-refractivity contribution in [3.63, 3.8) is 0 Å². The summed E-state index contributed by atoms with van der Waals surface area (Å²) < 4.78 is 1.77. The quantitative estimate of drug-likeness (QED) is 0.919. The van der Waals surface area contributed by atoms with E-state index in [1.54, 1.807) is 11.6 Å². The molecule has 4 rings (SSSR count). The Hall–Kier alpha value is -2.63. The van der Waals surface area contributed by atoms with Gasteiger partial charge in [-0.15, -0.1) is 0 Å². The van der Waals surface area contributed by atoms with Gasteiger partial charge in [0.05, 0.1) is 0 Å². The van der Waals surface area contributed by atoms with Crippen LogP contribution in [0, 0.1) is 5.92 Å². The van der Waals surface area contributed by atoms with Gasteiger partial charge >= 0.3 is 5.56 Å². The van der Waals surface area contributed by atoms with Crippen LogP contribution < -0.4 is 5.56 Å². The molecule has 1 N–H and O–H groups in total. The molecular formula is C20H23N3O3. The van der Waals surface area contributed by atoms with E-state index in [1.807, 2.05) is 18.2 Å². The third kappa shape index (κ3) is 2.69. The lowest BCUT2D eigenvalue weighted by atomic mass is 9.83. The Labute approximate surface area is 152 Å². The number of hydrogen-bond acceptors (Lipinski definition) is 4. The van der Waals surface area contributed by atoms with Crippen molar-refractivity contribution in [3.05, 3.63) is 57.8 Å². The van der Waals surface area contributed by atoms with E-state index >= 15 is 0 Å². The molecule has 1 fully saturated rings. The highest BCUT2D eigenvalue weighted by atomic mass is 16.3. The maximum atomic E-state index is 12.6. The van der Waals surface area contributed by atoms with Gasteiger partial charge in [-0.25, -0.2) is 0 Å². The van der Waals surface area contributed by atoms with Gasteiger partial charge in [-0.3, -0.25) is 9.59 Å². The molecule has 2 heterocycles. The van der Waals surface area contributed by atoms with Crippen molar-refractivity contribution in [1.82, 2.24) is 14.5 Å². The van der Waals surface area contributed by atoms with Crippen molar-refractivity contribution >= 4 is 5.91 Å². The van der Waals surface area contributed by atoms with E-state index in [0.29, 0.717) is 24.8 Å². The third-order valence-electron chi connectivity index (χ3n) is 5.71. The molecule has 1 saturated carbocycles. The second kappa shape index (κ2) is 6.59. The first-order chi connectivity index (χ1) is 12.6. The lowest BCUT2D eigenvalue weighted by Gasteiger charge is -2.32. The fourth-order valence-corrected chi connectivity index (χ4v) is 4.36. The van der Waals surface area contributed by atoms with Crippen LogP contribution in [0.2, 0.25) is 0 Å². The molecule has 0 saturated heterocycles. The summed E-state index contributed by atoms with van der Waals surface area (Å²) in [5, 5.41) is 10.2. The Morgan fingerprint density at radius 2 is 1.81 bits per heavy atom. The molecule has 0 bridgehead atoms. The molecule has 26 heavy (non-hydrogen) atoms. The van der Waals surface area contributed by atoms with E-state index in [4.69, 9.17) is 0 Å². The molecular weight excluding hydrogens is 330 g/mol. The Bertz CT molecular complexity index is 885. The number of fused-ring (bicyclic) bond motifs is 1. The Kier molecular flexibility index (Phi) is 4.26. The van der Waals surface area contributed by atoms with Gasteiger partial charge in [-0.2, -0.15) is 4.98 Å². The molecule has 136 valence electrons. The monoisotopic (exact) mass is 353 g/mol. The number of aromatic nitrogens is 2. The average Bonchev–Trinajstić information content (AvgIpc) is 3.17. The van der Waals surface area contributed by atoms with Crippen molar-refractivity contribution in [2.45, 2.75) is 38.1 Å². The minimum Gasteiger partial charge on any atom is -0.501 e. The molecule has 1 aromatic heterocycles. The third-order valence-corrected chi connectivity index (χ3v) is 5.71. The maximum absolute atomic E-state index is 12.6. The highest BCUT2D eigenvalue weighted by molar-refractivity contribution is 5.95. The van der Waals surface area contributed by atoms with Crippen LogP contribution in [0.3, 0.4) is 0 Å². The first kappa shape index (κ1) is 16.8. The highest BCUT2D eigenvalue weighted by Gasteiger charge is 2.35. The Balaban J connectivity index is 1.93. The summed E-state index contributed by atoms with van der Waals surface area (Å²) in [6.07, 6.45) is 4.51. The zero-order valence-corrected chi connectivity index (χ0v) is 14.9. The summed E-state index contributed by atoms with van der Waals surface area (Å²) in [7, 11) is 1.68. The van der Waals surface area contributed by atoms with Crippen molar-refractivity contribution in [1.29, 1.82) is 0 Å². The number of benzene rings is 1. The summed E-state index contributed by atoms with van der Waals surface area (Å²) in [4.78, 5) is 30.8. The number of amides is 1. The number of carbonyl (C=O) groups excluding carboxylic acids is 1. The average molecular weight is 353 g/mol. The van der Waals surface area contributed by atoms with E-state index in [0.717, 1.165) is 18.4 Å². The molecule has 0 spiro atoms. The van der Waals surface area contributed by atoms with Crippen LogP contribution >= 0.6 is 0 Å². The van der Waals surface area contributed by atoms with E-state index in [2.05, 4.69) is 17.1 Å². The minimum atomic E-state index is -0.714. The predicted molar refractivity (Wildman–Crippen MR) is 97.4 cm³/mol. The van der Waals surface area contributed by atoms with Gasteiger partial charge in [0.15, 0.2) is 5.69 Å².